The molecule has 0 bridgehead atoms. The summed E-state index contributed by atoms with van der Waals surface area (Å²) in [6, 6.07) is 9.66. The van der Waals surface area contributed by atoms with Gasteiger partial charge in [0.1, 0.15) is 18.0 Å². The molecular weight excluding hydrogens is 418 g/mol. The number of methoxy groups -OCH3 is 2. The number of ether oxygens (including phenoxy) is 2. The quantitative estimate of drug-likeness (QED) is 0.357. The van der Waals surface area contributed by atoms with Gasteiger partial charge in [-0.2, -0.15) is 0 Å². The Balaban J connectivity index is 1.60. The highest BCUT2D eigenvalue weighted by atomic mass is 16.5. The van der Waals surface area contributed by atoms with Crippen LogP contribution in [0.2, 0.25) is 0 Å². The van der Waals surface area contributed by atoms with Gasteiger partial charge in [-0.15, -0.1) is 0 Å². The van der Waals surface area contributed by atoms with E-state index in [0.29, 0.717) is 5.56 Å². The van der Waals surface area contributed by atoms with Gasteiger partial charge in [0, 0.05) is 22.7 Å². The van der Waals surface area contributed by atoms with E-state index in [-0.39, 0.29) is 30.3 Å². The Morgan fingerprint density at radius 1 is 1.09 bits per heavy atom. The van der Waals surface area contributed by atoms with E-state index >= 15 is 0 Å². The van der Waals surface area contributed by atoms with Crippen LogP contribution in [0.25, 0.3) is 17.0 Å². The Morgan fingerprint density at radius 3 is 2.62 bits per heavy atom. The summed E-state index contributed by atoms with van der Waals surface area (Å²) in [7, 11) is 2.53. The number of benzene rings is 1. The van der Waals surface area contributed by atoms with Crippen LogP contribution in [0.3, 0.4) is 0 Å². The van der Waals surface area contributed by atoms with Crippen LogP contribution in [0, 0.1) is 0 Å². The lowest BCUT2D eigenvalue weighted by atomic mass is 10.1. The van der Waals surface area contributed by atoms with Crippen LogP contribution in [-0.2, 0) is 32.2 Å². The summed E-state index contributed by atoms with van der Waals surface area (Å²) >= 11 is 0. The molecule has 32 heavy (non-hydrogen) atoms. The van der Waals surface area contributed by atoms with Gasteiger partial charge in [0.2, 0.25) is 5.76 Å². The number of nitrogens with zero attached hydrogens (tertiary/aromatic N) is 2. The van der Waals surface area contributed by atoms with Crippen LogP contribution in [0.1, 0.15) is 21.9 Å². The normalized spacial score (nSPS) is 14.8. The van der Waals surface area contributed by atoms with Gasteiger partial charge in [0.25, 0.3) is 5.91 Å². The molecule has 164 valence electrons. The summed E-state index contributed by atoms with van der Waals surface area (Å²) in [5, 5.41) is 3.36. The van der Waals surface area contributed by atoms with Gasteiger partial charge in [0.05, 0.1) is 20.8 Å². The Kier molecular flexibility index (Phi) is 5.50. The number of rotatable bonds is 6. The monoisotopic (exact) mass is 437 g/mol. The number of para-hydroxylation sites is 1. The second-order valence-electron chi connectivity index (χ2n) is 6.94. The summed E-state index contributed by atoms with van der Waals surface area (Å²) < 4.78 is 16.4. The zero-order chi connectivity index (χ0) is 22.8. The molecule has 0 aliphatic carbocycles. The van der Waals surface area contributed by atoms with Gasteiger partial charge in [-0.25, -0.2) is 9.59 Å². The third-order valence-corrected chi connectivity index (χ3v) is 4.97. The van der Waals surface area contributed by atoms with E-state index < -0.39 is 23.9 Å². The van der Waals surface area contributed by atoms with Crippen molar-refractivity contribution in [1.82, 2.24) is 14.8 Å². The van der Waals surface area contributed by atoms with Crippen molar-refractivity contribution in [2.24, 2.45) is 0 Å². The average Bonchev–Trinajstić information content (AvgIpc) is 3.47. The van der Waals surface area contributed by atoms with Crippen LogP contribution < -0.4 is 5.32 Å². The first-order chi connectivity index (χ1) is 15.4. The minimum atomic E-state index is -0.655. The predicted molar refractivity (Wildman–Crippen MR) is 111 cm³/mol. The lowest BCUT2D eigenvalue weighted by molar-refractivity contribution is -0.141. The molecule has 1 aromatic carbocycles. The van der Waals surface area contributed by atoms with E-state index in [1.807, 2.05) is 24.3 Å². The lowest BCUT2D eigenvalue weighted by Gasteiger charge is -2.09. The maximum atomic E-state index is 12.8. The van der Waals surface area contributed by atoms with E-state index in [2.05, 4.69) is 10.1 Å². The average molecular weight is 437 g/mol. The number of furan rings is 1. The van der Waals surface area contributed by atoms with Crippen molar-refractivity contribution >= 4 is 40.9 Å². The molecule has 1 saturated heterocycles. The number of urea groups is 1. The van der Waals surface area contributed by atoms with Crippen LogP contribution in [0.15, 0.2) is 52.7 Å². The topological polar surface area (TPSA) is 120 Å². The van der Waals surface area contributed by atoms with Gasteiger partial charge in [-0.05, 0) is 24.3 Å². The highest BCUT2D eigenvalue weighted by Gasteiger charge is 2.34. The van der Waals surface area contributed by atoms with Crippen LogP contribution in [0.4, 0.5) is 4.79 Å². The van der Waals surface area contributed by atoms with Gasteiger partial charge >= 0.3 is 18.0 Å². The smallest absolute Gasteiger partial charge is 0.373 e. The number of carbonyl (C=O) groups excluding carboxylic acids is 4. The number of nitrogens with one attached hydrogen (secondary N) is 1. The minimum absolute atomic E-state index is 0.00758. The maximum Gasteiger partial charge on any atom is 0.373 e. The summed E-state index contributed by atoms with van der Waals surface area (Å²) in [6.45, 7) is -0.142. The number of fused-ring (bicyclic) bond motifs is 1. The Morgan fingerprint density at radius 2 is 1.88 bits per heavy atom. The van der Waals surface area contributed by atoms with Gasteiger partial charge in [0.15, 0.2) is 0 Å². The standard InChI is InChI=1S/C22H19N3O7/c1-30-19(26)12-24-10-13(15-5-3-4-6-17(15)24)9-16-20(27)25(22(29)23-16)11-14-7-8-18(32-14)21(28)31-2/h3-10H,11-12H2,1-2H3,(H,23,29). The van der Waals surface area contributed by atoms with Crippen molar-refractivity contribution in [2.75, 3.05) is 14.2 Å². The number of amides is 3. The number of esters is 2. The second kappa shape index (κ2) is 8.42. The number of carbonyl (C=O) groups is 4. The first kappa shape index (κ1) is 20.9. The zero-order valence-corrected chi connectivity index (χ0v) is 17.3. The van der Waals surface area contributed by atoms with Crippen molar-refractivity contribution in [3.05, 3.63) is 65.4 Å². The molecule has 0 unspecified atom stereocenters. The van der Waals surface area contributed by atoms with Gasteiger partial charge in [-0.3, -0.25) is 14.5 Å². The summed E-state index contributed by atoms with van der Waals surface area (Å²) in [5.41, 5.74) is 1.51. The van der Waals surface area contributed by atoms with Gasteiger partial charge in [-0.1, -0.05) is 18.2 Å². The lowest BCUT2D eigenvalue weighted by Crippen LogP contribution is -2.30. The number of hydrogen-bond acceptors (Lipinski definition) is 7. The molecule has 2 aromatic heterocycles. The minimum Gasteiger partial charge on any atom is -0.468 e. The van der Waals surface area contributed by atoms with Crippen molar-refractivity contribution < 1.29 is 33.1 Å². The fourth-order valence-electron chi connectivity index (χ4n) is 3.42. The Bertz CT molecular complexity index is 1270. The van der Waals surface area contributed by atoms with Crippen molar-refractivity contribution in [1.29, 1.82) is 0 Å². The van der Waals surface area contributed by atoms with Crippen LogP contribution in [-0.4, -0.2) is 47.6 Å². The molecule has 0 atom stereocenters. The third-order valence-electron chi connectivity index (χ3n) is 4.97. The molecule has 10 heteroatoms. The number of aromatic nitrogens is 1. The number of hydrogen-bond donors (Lipinski definition) is 1. The number of imide groups is 1. The van der Waals surface area contributed by atoms with Crippen molar-refractivity contribution in [3.63, 3.8) is 0 Å². The molecule has 1 aliphatic rings. The van der Waals surface area contributed by atoms with E-state index in [4.69, 9.17) is 9.15 Å². The molecule has 4 rings (SSSR count). The third kappa shape index (κ3) is 3.85. The van der Waals surface area contributed by atoms with E-state index in [1.54, 1.807) is 16.8 Å². The fourth-order valence-corrected chi connectivity index (χ4v) is 3.42. The van der Waals surface area contributed by atoms with E-state index in [9.17, 15) is 19.2 Å². The van der Waals surface area contributed by atoms with E-state index in [0.717, 1.165) is 15.8 Å². The first-order valence-corrected chi connectivity index (χ1v) is 9.57. The molecule has 3 heterocycles. The van der Waals surface area contributed by atoms with Crippen LogP contribution in [0.5, 0.6) is 0 Å². The fraction of sp³-hybridized carbons (Fsp3) is 0.182. The molecule has 1 fully saturated rings. The highest BCUT2D eigenvalue weighted by molar-refractivity contribution is 6.14. The summed E-state index contributed by atoms with van der Waals surface area (Å²) in [5.74, 6) is -1.38. The molecule has 10 nitrogen and oxygen atoms in total. The first-order valence-electron chi connectivity index (χ1n) is 9.57. The highest BCUT2D eigenvalue weighted by Crippen LogP contribution is 2.25. The Labute approximate surface area is 182 Å². The maximum absolute atomic E-state index is 12.8. The second-order valence-corrected chi connectivity index (χ2v) is 6.94. The van der Waals surface area contributed by atoms with Crippen molar-refractivity contribution in [3.8, 4) is 0 Å². The summed E-state index contributed by atoms with van der Waals surface area (Å²) in [6.07, 6.45) is 3.27. The molecule has 3 amide bonds. The molecule has 1 aliphatic heterocycles. The Hall–Kier alpha value is -4.34. The predicted octanol–water partition coefficient (Wildman–Crippen LogP) is 2.29. The summed E-state index contributed by atoms with van der Waals surface area (Å²) in [4.78, 5) is 49.5. The largest absolute Gasteiger partial charge is 0.468 e. The molecule has 0 radical (unpaired) electrons. The zero-order valence-electron chi connectivity index (χ0n) is 17.3. The molecule has 3 aromatic rings. The van der Waals surface area contributed by atoms with E-state index in [1.165, 1.54) is 26.4 Å². The molecular formula is C22H19N3O7. The molecule has 1 N–H and O–H groups in total. The van der Waals surface area contributed by atoms with Crippen molar-refractivity contribution in [2.45, 2.75) is 13.1 Å². The van der Waals surface area contributed by atoms with Crippen LogP contribution >= 0.6 is 0 Å². The molecule has 0 saturated carbocycles. The van der Waals surface area contributed by atoms with Gasteiger partial charge < -0.3 is 23.8 Å². The molecule has 0 spiro atoms. The SMILES string of the molecule is COC(=O)Cn1cc(C=C2NC(=O)N(Cc3ccc(C(=O)OC)o3)C2=O)c2ccccc21.